The highest BCUT2D eigenvalue weighted by atomic mass is 16.6. The van der Waals surface area contributed by atoms with Gasteiger partial charge in [0.25, 0.3) is 0 Å². The van der Waals surface area contributed by atoms with E-state index in [0.717, 1.165) is 12.1 Å². The lowest BCUT2D eigenvalue weighted by Gasteiger charge is -2.07. The number of nitro groups is 1. The van der Waals surface area contributed by atoms with Gasteiger partial charge in [-0.3, -0.25) is 20.1 Å². The first kappa shape index (κ1) is 14.7. The SMILES string of the molecule is N#C/C(=C(/N)c1cc(O)c(O)c([N+](=O)[O-])c1)c1cnccn1. The second kappa shape index (κ2) is 5.76. The van der Waals surface area contributed by atoms with E-state index in [1.54, 1.807) is 0 Å². The number of hydrogen-bond donors (Lipinski definition) is 3. The van der Waals surface area contributed by atoms with Gasteiger partial charge in [0, 0.05) is 24.0 Å². The van der Waals surface area contributed by atoms with Crippen molar-refractivity contribution in [2.75, 3.05) is 0 Å². The van der Waals surface area contributed by atoms with Crippen LogP contribution in [0.4, 0.5) is 5.69 Å². The summed E-state index contributed by atoms with van der Waals surface area (Å²) >= 11 is 0. The molecule has 110 valence electrons. The fourth-order valence-corrected chi connectivity index (χ4v) is 1.73. The highest BCUT2D eigenvalue weighted by Gasteiger charge is 2.21. The molecule has 2 rings (SSSR count). The van der Waals surface area contributed by atoms with Crippen LogP contribution in [0.5, 0.6) is 11.5 Å². The largest absolute Gasteiger partial charge is 0.504 e. The Hall–Kier alpha value is -3.67. The summed E-state index contributed by atoms with van der Waals surface area (Å²) in [5.41, 5.74) is 5.10. The van der Waals surface area contributed by atoms with Gasteiger partial charge in [0.15, 0.2) is 5.75 Å². The van der Waals surface area contributed by atoms with Crippen LogP contribution < -0.4 is 5.73 Å². The van der Waals surface area contributed by atoms with Crippen LogP contribution in [0.25, 0.3) is 11.3 Å². The second-order valence-corrected chi connectivity index (χ2v) is 4.11. The third-order valence-corrected chi connectivity index (χ3v) is 2.78. The molecule has 9 nitrogen and oxygen atoms in total. The maximum absolute atomic E-state index is 10.8. The number of allylic oxidation sites excluding steroid dienone is 1. The minimum absolute atomic E-state index is 0.00389. The third-order valence-electron chi connectivity index (χ3n) is 2.78. The second-order valence-electron chi connectivity index (χ2n) is 4.11. The molecule has 9 heteroatoms. The highest BCUT2D eigenvalue weighted by molar-refractivity contribution is 5.95. The van der Waals surface area contributed by atoms with Crippen molar-refractivity contribution in [2.24, 2.45) is 5.73 Å². The topological polar surface area (TPSA) is 159 Å². The maximum Gasteiger partial charge on any atom is 0.315 e. The van der Waals surface area contributed by atoms with E-state index in [-0.39, 0.29) is 22.5 Å². The number of nitriles is 1. The predicted molar refractivity (Wildman–Crippen MR) is 75.1 cm³/mol. The van der Waals surface area contributed by atoms with Crippen LogP contribution in [0.1, 0.15) is 11.3 Å². The first-order chi connectivity index (χ1) is 10.5. The van der Waals surface area contributed by atoms with E-state index in [9.17, 15) is 25.6 Å². The van der Waals surface area contributed by atoms with Crippen molar-refractivity contribution in [3.05, 3.63) is 52.1 Å². The average Bonchev–Trinajstić information content (AvgIpc) is 2.51. The van der Waals surface area contributed by atoms with Gasteiger partial charge >= 0.3 is 5.69 Å². The van der Waals surface area contributed by atoms with Gasteiger partial charge in [-0.05, 0) is 6.07 Å². The molecule has 0 atom stereocenters. The lowest BCUT2D eigenvalue weighted by molar-refractivity contribution is -0.386. The maximum atomic E-state index is 10.8. The molecule has 1 aromatic heterocycles. The van der Waals surface area contributed by atoms with Crippen LogP contribution in [0.15, 0.2) is 30.7 Å². The molecule has 0 fully saturated rings. The van der Waals surface area contributed by atoms with Crippen molar-refractivity contribution < 1.29 is 15.1 Å². The lowest BCUT2D eigenvalue weighted by Crippen LogP contribution is -2.03. The van der Waals surface area contributed by atoms with Crippen molar-refractivity contribution in [1.82, 2.24) is 9.97 Å². The third kappa shape index (κ3) is 2.61. The molecule has 4 N–H and O–H groups in total. The number of nitro benzene ring substituents is 1. The molecular formula is C13H9N5O4. The van der Waals surface area contributed by atoms with Gasteiger partial charge in [0.2, 0.25) is 5.75 Å². The Kier molecular flexibility index (Phi) is 3.86. The van der Waals surface area contributed by atoms with Crippen LogP contribution in [-0.4, -0.2) is 25.1 Å². The average molecular weight is 299 g/mol. The van der Waals surface area contributed by atoms with Gasteiger partial charge in [-0.25, -0.2) is 0 Å². The number of aromatic hydroxyl groups is 2. The van der Waals surface area contributed by atoms with Crippen molar-refractivity contribution in [3.63, 3.8) is 0 Å². The number of hydrogen-bond acceptors (Lipinski definition) is 8. The minimum Gasteiger partial charge on any atom is -0.504 e. The molecule has 0 unspecified atom stereocenters. The summed E-state index contributed by atoms with van der Waals surface area (Å²) in [6, 6.07) is 3.81. The van der Waals surface area contributed by atoms with E-state index in [0.29, 0.717) is 0 Å². The number of benzene rings is 1. The van der Waals surface area contributed by atoms with Gasteiger partial charge in [-0.1, -0.05) is 0 Å². The fourth-order valence-electron chi connectivity index (χ4n) is 1.73. The summed E-state index contributed by atoms with van der Waals surface area (Å²) in [4.78, 5) is 17.7. The first-order valence-electron chi connectivity index (χ1n) is 5.82. The van der Waals surface area contributed by atoms with Gasteiger partial charge in [0.1, 0.15) is 17.3 Å². The minimum atomic E-state index is -0.875. The number of phenolic OH excluding ortho intramolecular Hbond substituents is 2. The standard InChI is InChI=1S/C13H9N5O4/c14-5-8(9-6-16-1-2-17-9)12(15)7-3-10(18(21)22)13(20)11(19)4-7/h1-4,6,19-20H,15H2/b12-8-. The van der Waals surface area contributed by atoms with Gasteiger partial charge < -0.3 is 15.9 Å². The van der Waals surface area contributed by atoms with Crippen LogP contribution in [0.3, 0.4) is 0 Å². The Balaban J connectivity index is 2.67. The lowest BCUT2D eigenvalue weighted by atomic mass is 10.0. The molecule has 0 radical (unpaired) electrons. The summed E-state index contributed by atoms with van der Waals surface area (Å²) < 4.78 is 0. The number of phenols is 2. The Morgan fingerprint density at radius 2 is 2.09 bits per heavy atom. The molecule has 2 aromatic rings. The van der Waals surface area contributed by atoms with Crippen molar-refractivity contribution in [3.8, 4) is 17.6 Å². The molecule has 0 saturated heterocycles. The predicted octanol–water partition coefficient (Wildman–Crippen LogP) is 1.15. The Morgan fingerprint density at radius 1 is 1.36 bits per heavy atom. The number of nitrogens with two attached hydrogens (primary N) is 1. The molecule has 22 heavy (non-hydrogen) atoms. The van der Waals surface area contributed by atoms with Crippen molar-refractivity contribution in [1.29, 1.82) is 5.26 Å². The van der Waals surface area contributed by atoms with Crippen LogP contribution >= 0.6 is 0 Å². The zero-order chi connectivity index (χ0) is 16.3. The quantitative estimate of drug-likeness (QED) is 0.329. The molecule has 0 aliphatic carbocycles. The summed E-state index contributed by atoms with van der Waals surface area (Å²) in [6.07, 6.45) is 4.07. The highest BCUT2D eigenvalue weighted by Crippen LogP contribution is 2.38. The molecule has 0 amide bonds. The van der Waals surface area contributed by atoms with Crippen LogP contribution in [-0.2, 0) is 0 Å². The first-order valence-corrected chi connectivity index (χ1v) is 5.82. The Bertz CT molecular complexity index is 811. The molecule has 1 aromatic carbocycles. The summed E-state index contributed by atoms with van der Waals surface area (Å²) in [5.74, 6) is -1.59. The molecule has 1 heterocycles. The van der Waals surface area contributed by atoms with Crippen LogP contribution in [0, 0.1) is 21.4 Å². The Morgan fingerprint density at radius 3 is 2.64 bits per heavy atom. The van der Waals surface area contributed by atoms with Crippen molar-refractivity contribution >= 4 is 17.0 Å². The van der Waals surface area contributed by atoms with Crippen LogP contribution in [0.2, 0.25) is 0 Å². The zero-order valence-corrected chi connectivity index (χ0v) is 11.0. The van der Waals surface area contributed by atoms with Gasteiger partial charge in [-0.15, -0.1) is 0 Å². The number of nitrogens with zero attached hydrogens (tertiary/aromatic N) is 4. The van der Waals surface area contributed by atoms with E-state index < -0.39 is 22.1 Å². The van der Waals surface area contributed by atoms with E-state index in [2.05, 4.69) is 9.97 Å². The van der Waals surface area contributed by atoms with E-state index >= 15 is 0 Å². The van der Waals surface area contributed by atoms with Gasteiger partial charge in [-0.2, -0.15) is 5.26 Å². The van der Waals surface area contributed by atoms with Gasteiger partial charge in [0.05, 0.1) is 16.8 Å². The fraction of sp³-hybridized carbons (Fsp3) is 0. The van der Waals surface area contributed by atoms with E-state index in [4.69, 9.17) is 5.73 Å². The number of aromatic nitrogens is 2. The zero-order valence-electron chi connectivity index (χ0n) is 11.0. The summed E-state index contributed by atoms with van der Waals surface area (Å²) in [5, 5.41) is 39.1. The molecule has 0 saturated carbocycles. The van der Waals surface area contributed by atoms with Crippen molar-refractivity contribution in [2.45, 2.75) is 0 Å². The summed E-state index contributed by atoms with van der Waals surface area (Å²) in [7, 11) is 0. The molecule has 0 aliphatic rings. The molecule has 0 aliphatic heterocycles. The smallest absolute Gasteiger partial charge is 0.315 e. The summed E-state index contributed by atoms with van der Waals surface area (Å²) in [6.45, 7) is 0. The van der Waals surface area contributed by atoms with E-state index in [1.807, 2.05) is 6.07 Å². The van der Waals surface area contributed by atoms with E-state index in [1.165, 1.54) is 18.6 Å². The molecule has 0 bridgehead atoms. The normalized spacial score (nSPS) is 11.4. The number of rotatable bonds is 3. The molecular weight excluding hydrogens is 290 g/mol. The monoisotopic (exact) mass is 299 g/mol. The Labute approximate surface area is 123 Å². The molecule has 0 spiro atoms.